The molecule has 0 spiro atoms. The minimum absolute atomic E-state index is 0.0874. The highest BCUT2D eigenvalue weighted by Gasteiger charge is 2.20. The number of carbonyl (C=O) groups excluding carboxylic acids is 1. The van der Waals surface area contributed by atoms with Crippen LogP contribution in [0.3, 0.4) is 0 Å². The van der Waals surface area contributed by atoms with Gasteiger partial charge in [0.1, 0.15) is 0 Å². The number of amides is 1. The first-order valence-electron chi connectivity index (χ1n) is 5.69. The quantitative estimate of drug-likeness (QED) is 0.683. The summed E-state index contributed by atoms with van der Waals surface area (Å²) in [4.78, 5) is 17.3. The van der Waals surface area contributed by atoms with Gasteiger partial charge in [0, 0.05) is 19.3 Å². The smallest absolute Gasteiger partial charge is 0.258 e. The van der Waals surface area contributed by atoms with Gasteiger partial charge in [0.25, 0.3) is 5.91 Å². The van der Waals surface area contributed by atoms with Gasteiger partial charge in [-0.05, 0) is 25.0 Å². The standard InChI is InChI=1S/C12H15FN2O/c13-11-10(6-5-7-14-11)12(16)15-8-3-1-2-4-9-15/h5-7H,1-4,8-9H2. The summed E-state index contributed by atoms with van der Waals surface area (Å²) in [6, 6.07) is 3.09. The van der Waals surface area contributed by atoms with E-state index >= 15 is 0 Å². The Labute approximate surface area is 94.3 Å². The first kappa shape index (κ1) is 11.0. The Morgan fingerprint density at radius 2 is 1.94 bits per heavy atom. The Kier molecular flexibility index (Phi) is 3.49. The number of hydrogen-bond acceptors (Lipinski definition) is 2. The van der Waals surface area contributed by atoms with Crippen LogP contribution in [0.2, 0.25) is 0 Å². The number of rotatable bonds is 1. The maximum atomic E-state index is 13.3. The van der Waals surface area contributed by atoms with Gasteiger partial charge in [-0.3, -0.25) is 4.79 Å². The van der Waals surface area contributed by atoms with Crippen molar-refractivity contribution in [3.63, 3.8) is 0 Å². The second kappa shape index (κ2) is 5.05. The van der Waals surface area contributed by atoms with E-state index < -0.39 is 5.95 Å². The van der Waals surface area contributed by atoms with E-state index in [1.165, 1.54) is 12.3 Å². The number of pyridine rings is 1. The van der Waals surface area contributed by atoms with Gasteiger partial charge in [-0.25, -0.2) is 4.98 Å². The minimum atomic E-state index is -0.670. The molecular formula is C12H15FN2O. The normalized spacial score (nSPS) is 16.9. The summed E-state index contributed by atoms with van der Waals surface area (Å²) in [6.45, 7) is 1.46. The molecule has 1 fully saturated rings. The summed E-state index contributed by atoms with van der Waals surface area (Å²) in [5.74, 6) is -0.899. The van der Waals surface area contributed by atoms with Gasteiger partial charge >= 0.3 is 0 Å². The first-order valence-corrected chi connectivity index (χ1v) is 5.69. The molecule has 1 aromatic rings. The lowest BCUT2D eigenvalue weighted by Gasteiger charge is -2.20. The highest BCUT2D eigenvalue weighted by Crippen LogP contribution is 2.14. The summed E-state index contributed by atoms with van der Waals surface area (Å²) < 4.78 is 13.3. The van der Waals surface area contributed by atoms with Crippen molar-refractivity contribution in [3.8, 4) is 0 Å². The van der Waals surface area contributed by atoms with Gasteiger partial charge in [-0.2, -0.15) is 4.39 Å². The maximum Gasteiger partial charge on any atom is 0.258 e. The third-order valence-corrected chi connectivity index (χ3v) is 2.88. The Morgan fingerprint density at radius 3 is 2.56 bits per heavy atom. The Morgan fingerprint density at radius 1 is 1.25 bits per heavy atom. The van der Waals surface area contributed by atoms with Gasteiger partial charge in [-0.15, -0.1) is 0 Å². The molecule has 0 N–H and O–H groups in total. The molecule has 0 atom stereocenters. The van der Waals surface area contributed by atoms with Gasteiger partial charge < -0.3 is 4.90 Å². The van der Waals surface area contributed by atoms with Crippen LogP contribution in [0, 0.1) is 5.95 Å². The van der Waals surface area contributed by atoms with Crippen molar-refractivity contribution < 1.29 is 9.18 Å². The van der Waals surface area contributed by atoms with Crippen molar-refractivity contribution in [2.24, 2.45) is 0 Å². The molecule has 0 saturated carbocycles. The van der Waals surface area contributed by atoms with Crippen LogP contribution in [0.25, 0.3) is 0 Å². The van der Waals surface area contributed by atoms with Crippen molar-refractivity contribution in [3.05, 3.63) is 29.8 Å². The van der Waals surface area contributed by atoms with E-state index in [1.54, 1.807) is 11.0 Å². The molecule has 0 radical (unpaired) electrons. The zero-order valence-electron chi connectivity index (χ0n) is 9.16. The molecule has 1 aliphatic rings. The Hall–Kier alpha value is -1.45. The summed E-state index contributed by atoms with van der Waals surface area (Å²) in [5.41, 5.74) is 0.0874. The summed E-state index contributed by atoms with van der Waals surface area (Å²) in [7, 11) is 0. The fourth-order valence-electron chi connectivity index (χ4n) is 1.99. The second-order valence-corrected chi connectivity index (χ2v) is 4.05. The zero-order valence-corrected chi connectivity index (χ0v) is 9.16. The van der Waals surface area contributed by atoms with E-state index in [0.29, 0.717) is 0 Å². The molecule has 0 bridgehead atoms. The van der Waals surface area contributed by atoms with E-state index in [1.807, 2.05) is 0 Å². The average molecular weight is 222 g/mol. The number of nitrogens with zero attached hydrogens (tertiary/aromatic N) is 2. The fourth-order valence-corrected chi connectivity index (χ4v) is 1.99. The molecule has 3 nitrogen and oxygen atoms in total. The predicted octanol–water partition coefficient (Wildman–Crippen LogP) is 2.24. The molecule has 1 amide bonds. The molecule has 1 aliphatic heterocycles. The predicted molar refractivity (Wildman–Crippen MR) is 58.6 cm³/mol. The second-order valence-electron chi connectivity index (χ2n) is 4.05. The number of carbonyl (C=O) groups is 1. The van der Waals surface area contributed by atoms with Gasteiger partial charge in [0.15, 0.2) is 0 Å². The first-order chi connectivity index (χ1) is 7.79. The van der Waals surface area contributed by atoms with Crippen LogP contribution in [0.5, 0.6) is 0 Å². The molecule has 1 saturated heterocycles. The summed E-state index contributed by atoms with van der Waals surface area (Å²) in [6.07, 6.45) is 5.67. The van der Waals surface area contributed by atoms with Crippen molar-refractivity contribution >= 4 is 5.91 Å². The minimum Gasteiger partial charge on any atom is -0.339 e. The number of hydrogen-bond donors (Lipinski definition) is 0. The number of aromatic nitrogens is 1. The molecule has 0 aliphatic carbocycles. The SMILES string of the molecule is O=C(c1cccnc1F)N1CCCCCC1. The van der Waals surface area contributed by atoms with Crippen LogP contribution in [-0.4, -0.2) is 28.9 Å². The van der Waals surface area contributed by atoms with Crippen molar-refractivity contribution in [2.75, 3.05) is 13.1 Å². The molecule has 0 aromatic carbocycles. The van der Waals surface area contributed by atoms with E-state index in [0.717, 1.165) is 38.8 Å². The van der Waals surface area contributed by atoms with E-state index in [2.05, 4.69) is 4.98 Å². The van der Waals surface area contributed by atoms with E-state index in [4.69, 9.17) is 0 Å². The molecule has 2 heterocycles. The van der Waals surface area contributed by atoms with Crippen LogP contribution in [0.1, 0.15) is 36.0 Å². The van der Waals surface area contributed by atoms with Crippen molar-refractivity contribution in [1.82, 2.24) is 9.88 Å². The lowest BCUT2D eigenvalue weighted by Crippen LogP contribution is -2.32. The van der Waals surface area contributed by atoms with Crippen LogP contribution in [0.4, 0.5) is 4.39 Å². The van der Waals surface area contributed by atoms with Gasteiger partial charge in [0.05, 0.1) is 5.56 Å². The lowest BCUT2D eigenvalue weighted by molar-refractivity contribution is 0.0756. The molecule has 1 aromatic heterocycles. The monoisotopic (exact) mass is 222 g/mol. The summed E-state index contributed by atoms with van der Waals surface area (Å²) >= 11 is 0. The fraction of sp³-hybridized carbons (Fsp3) is 0.500. The van der Waals surface area contributed by atoms with Gasteiger partial charge in [-0.1, -0.05) is 12.8 Å². The van der Waals surface area contributed by atoms with Crippen LogP contribution in [-0.2, 0) is 0 Å². The van der Waals surface area contributed by atoms with E-state index in [9.17, 15) is 9.18 Å². The molecule has 0 unspecified atom stereocenters. The van der Waals surface area contributed by atoms with Crippen LogP contribution < -0.4 is 0 Å². The average Bonchev–Trinajstić information content (AvgIpc) is 2.57. The Balaban J connectivity index is 2.14. The van der Waals surface area contributed by atoms with Crippen molar-refractivity contribution in [1.29, 1.82) is 0 Å². The maximum absolute atomic E-state index is 13.3. The molecule has 16 heavy (non-hydrogen) atoms. The molecule has 86 valence electrons. The highest BCUT2D eigenvalue weighted by atomic mass is 19.1. The molecular weight excluding hydrogens is 207 g/mol. The largest absolute Gasteiger partial charge is 0.339 e. The molecule has 2 rings (SSSR count). The lowest BCUT2D eigenvalue weighted by atomic mass is 10.2. The molecule has 4 heteroatoms. The number of likely N-dealkylation sites (tertiary alicyclic amines) is 1. The highest BCUT2D eigenvalue weighted by molar-refractivity contribution is 5.94. The van der Waals surface area contributed by atoms with Gasteiger partial charge in [0.2, 0.25) is 5.95 Å². The van der Waals surface area contributed by atoms with Crippen LogP contribution in [0.15, 0.2) is 18.3 Å². The van der Waals surface area contributed by atoms with Crippen molar-refractivity contribution in [2.45, 2.75) is 25.7 Å². The zero-order chi connectivity index (χ0) is 11.4. The topological polar surface area (TPSA) is 33.2 Å². The van der Waals surface area contributed by atoms with Crippen LogP contribution >= 0.6 is 0 Å². The Bertz CT molecular complexity index is 373. The van der Waals surface area contributed by atoms with E-state index in [-0.39, 0.29) is 11.5 Å². The third-order valence-electron chi connectivity index (χ3n) is 2.88. The third kappa shape index (κ3) is 2.38. The number of halogens is 1. The summed E-state index contributed by atoms with van der Waals surface area (Å²) in [5, 5.41) is 0.